The van der Waals surface area contributed by atoms with Crippen molar-refractivity contribution in [3.8, 4) is 11.8 Å². The lowest BCUT2D eigenvalue weighted by Gasteiger charge is -2.19. The third-order valence-corrected chi connectivity index (χ3v) is 3.52. The Morgan fingerprint density at radius 2 is 2.09 bits per heavy atom. The molecule has 0 spiro atoms. The van der Waals surface area contributed by atoms with Crippen molar-refractivity contribution < 1.29 is 19.1 Å². The van der Waals surface area contributed by atoms with Crippen molar-refractivity contribution in [1.82, 2.24) is 15.1 Å². The zero-order valence-electron chi connectivity index (χ0n) is 12.5. The number of carbonyl (C=O) groups is 2. The van der Waals surface area contributed by atoms with Gasteiger partial charge in [0.15, 0.2) is 6.04 Å². The number of aromatic nitrogens is 2. The van der Waals surface area contributed by atoms with E-state index in [1.807, 2.05) is 0 Å². The van der Waals surface area contributed by atoms with Crippen molar-refractivity contribution in [2.45, 2.75) is 18.6 Å². The molecule has 1 saturated heterocycles. The lowest BCUT2D eigenvalue weighted by Crippen LogP contribution is -2.37. The molecular weight excluding hydrogens is 302 g/mol. The van der Waals surface area contributed by atoms with Gasteiger partial charge in [0.05, 0.1) is 13.7 Å². The van der Waals surface area contributed by atoms with E-state index in [0.717, 1.165) is 0 Å². The summed E-state index contributed by atoms with van der Waals surface area (Å²) in [6.45, 7) is 0.987. The van der Waals surface area contributed by atoms with Crippen LogP contribution in [0.1, 0.15) is 6.42 Å². The topological polar surface area (TPSA) is 106 Å². The number of azo groups is 1. The Morgan fingerprint density at radius 1 is 1.30 bits per heavy atom. The number of methoxy groups -OCH3 is 1. The van der Waals surface area contributed by atoms with Gasteiger partial charge in [0, 0.05) is 31.2 Å². The highest BCUT2D eigenvalue weighted by Crippen LogP contribution is 2.19. The smallest absolute Gasteiger partial charge is 0.287 e. The van der Waals surface area contributed by atoms with Gasteiger partial charge < -0.3 is 14.4 Å². The number of hydrogen-bond acceptors (Lipinski definition) is 7. The molecule has 0 saturated carbocycles. The molecule has 2 aliphatic rings. The van der Waals surface area contributed by atoms with E-state index >= 15 is 0 Å². The molecule has 2 amide bonds. The van der Waals surface area contributed by atoms with E-state index in [4.69, 9.17) is 9.47 Å². The van der Waals surface area contributed by atoms with Crippen LogP contribution in [0.2, 0.25) is 0 Å². The lowest BCUT2D eigenvalue weighted by atomic mass is 10.2. The van der Waals surface area contributed by atoms with Gasteiger partial charge in [-0.15, -0.1) is 15.3 Å². The number of nitrogens with zero attached hydrogens (tertiary/aromatic N) is 5. The van der Waals surface area contributed by atoms with Gasteiger partial charge in [-0.25, -0.2) is 0 Å². The summed E-state index contributed by atoms with van der Waals surface area (Å²) in [5, 5.41) is 14.8. The number of hydrogen-bond donors (Lipinski definition) is 0. The second-order valence-corrected chi connectivity index (χ2v) is 5.08. The number of ether oxygens (including phenoxy) is 2. The molecule has 0 N–H and O–H groups in total. The number of likely N-dealkylation sites (tertiary alicyclic amines) is 1. The second kappa shape index (κ2) is 6.51. The fourth-order valence-electron chi connectivity index (χ4n) is 2.36. The molecule has 1 fully saturated rings. The maximum Gasteiger partial charge on any atom is 0.287 e. The van der Waals surface area contributed by atoms with E-state index in [2.05, 4.69) is 20.4 Å². The third kappa shape index (κ3) is 3.50. The van der Waals surface area contributed by atoms with E-state index in [-0.39, 0.29) is 12.0 Å². The maximum absolute atomic E-state index is 12.3. The number of rotatable bonds is 4. The maximum atomic E-state index is 12.3. The fourth-order valence-corrected chi connectivity index (χ4v) is 2.36. The molecule has 2 unspecified atom stereocenters. The molecule has 1 aromatic rings. The summed E-state index contributed by atoms with van der Waals surface area (Å²) >= 11 is 0. The van der Waals surface area contributed by atoms with E-state index < -0.39 is 11.9 Å². The van der Waals surface area contributed by atoms with E-state index in [1.165, 1.54) is 19.3 Å². The van der Waals surface area contributed by atoms with Crippen LogP contribution in [0.4, 0.5) is 0 Å². The summed E-state index contributed by atoms with van der Waals surface area (Å²) in [5.41, 5.74) is 0. The molecule has 1 aromatic heterocycles. The molecule has 0 bridgehead atoms. The summed E-state index contributed by atoms with van der Waals surface area (Å²) in [7, 11) is 1.51. The zero-order chi connectivity index (χ0) is 16.2. The van der Waals surface area contributed by atoms with Crippen molar-refractivity contribution in [3.63, 3.8) is 0 Å². The summed E-state index contributed by atoms with van der Waals surface area (Å²) < 4.78 is 10.6. The van der Waals surface area contributed by atoms with Gasteiger partial charge in [-0.3, -0.25) is 9.59 Å². The SMILES string of the molecule is COc1ccc(OC2CCN(C(=O)C3C=CC(=O)N=N3)C2)nn1. The molecule has 3 rings (SSSR count). The summed E-state index contributed by atoms with van der Waals surface area (Å²) in [6.07, 6.45) is 3.24. The first-order chi connectivity index (χ1) is 11.2. The normalized spacial score (nSPS) is 23.2. The van der Waals surface area contributed by atoms with Crippen molar-refractivity contribution in [2.75, 3.05) is 20.2 Å². The van der Waals surface area contributed by atoms with Gasteiger partial charge in [0.1, 0.15) is 6.10 Å². The summed E-state index contributed by atoms with van der Waals surface area (Å²) in [6, 6.07) is 2.59. The molecule has 9 heteroatoms. The van der Waals surface area contributed by atoms with Crippen LogP contribution < -0.4 is 9.47 Å². The standard InChI is InChI=1S/C14H15N5O4/c1-22-12-4-5-13(18-17-12)23-9-6-7-19(8-9)14(21)10-2-3-11(20)16-15-10/h2-5,9-10H,6-8H2,1H3. The van der Waals surface area contributed by atoms with Crippen LogP contribution >= 0.6 is 0 Å². The van der Waals surface area contributed by atoms with E-state index in [1.54, 1.807) is 17.0 Å². The Balaban J connectivity index is 1.55. The second-order valence-electron chi connectivity index (χ2n) is 5.08. The minimum absolute atomic E-state index is 0.159. The molecule has 0 radical (unpaired) electrons. The number of carbonyl (C=O) groups excluding carboxylic acids is 2. The van der Waals surface area contributed by atoms with Crippen LogP contribution in [0.5, 0.6) is 11.8 Å². The third-order valence-electron chi connectivity index (χ3n) is 3.52. The van der Waals surface area contributed by atoms with Gasteiger partial charge in [-0.05, 0) is 6.08 Å². The van der Waals surface area contributed by atoms with Crippen LogP contribution in [0.25, 0.3) is 0 Å². The average Bonchev–Trinajstić information content (AvgIpc) is 3.04. The highest BCUT2D eigenvalue weighted by Gasteiger charge is 2.32. The van der Waals surface area contributed by atoms with Crippen LogP contribution in [0.15, 0.2) is 34.5 Å². The largest absolute Gasteiger partial charge is 0.480 e. The fraction of sp³-hybridized carbons (Fsp3) is 0.429. The first-order valence-corrected chi connectivity index (χ1v) is 7.12. The Morgan fingerprint density at radius 3 is 2.74 bits per heavy atom. The highest BCUT2D eigenvalue weighted by molar-refractivity contribution is 5.92. The number of amides is 2. The van der Waals surface area contributed by atoms with Crippen molar-refractivity contribution in [3.05, 3.63) is 24.3 Å². The summed E-state index contributed by atoms with van der Waals surface area (Å²) in [5.74, 6) is 0.150. The first kappa shape index (κ1) is 15.1. The lowest BCUT2D eigenvalue weighted by molar-refractivity contribution is -0.130. The molecule has 0 aliphatic carbocycles. The molecule has 23 heavy (non-hydrogen) atoms. The molecular formula is C14H15N5O4. The van der Waals surface area contributed by atoms with Gasteiger partial charge in [-0.1, -0.05) is 0 Å². The van der Waals surface area contributed by atoms with Gasteiger partial charge in [0.25, 0.3) is 11.8 Å². The summed E-state index contributed by atoms with van der Waals surface area (Å²) in [4.78, 5) is 24.9. The molecule has 9 nitrogen and oxygen atoms in total. The molecule has 0 aromatic carbocycles. The minimum Gasteiger partial charge on any atom is -0.480 e. The van der Waals surface area contributed by atoms with E-state index in [0.29, 0.717) is 31.3 Å². The monoisotopic (exact) mass is 317 g/mol. The average molecular weight is 317 g/mol. The van der Waals surface area contributed by atoms with Gasteiger partial charge in [-0.2, -0.15) is 5.11 Å². The minimum atomic E-state index is -0.729. The van der Waals surface area contributed by atoms with Crippen LogP contribution in [0, 0.1) is 0 Å². The Bertz CT molecular complexity index is 642. The van der Waals surface area contributed by atoms with Crippen molar-refractivity contribution in [1.29, 1.82) is 0 Å². The van der Waals surface area contributed by atoms with Crippen molar-refractivity contribution in [2.24, 2.45) is 10.2 Å². The highest BCUT2D eigenvalue weighted by atomic mass is 16.5. The Kier molecular flexibility index (Phi) is 4.26. The van der Waals surface area contributed by atoms with Crippen molar-refractivity contribution >= 4 is 11.8 Å². The molecule has 2 atom stereocenters. The van der Waals surface area contributed by atoms with E-state index in [9.17, 15) is 9.59 Å². The molecule has 120 valence electrons. The van der Waals surface area contributed by atoms with Crippen LogP contribution in [0.3, 0.4) is 0 Å². The van der Waals surface area contributed by atoms with Gasteiger partial charge in [0.2, 0.25) is 11.8 Å². The quantitative estimate of drug-likeness (QED) is 0.795. The predicted molar refractivity (Wildman–Crippen MR) is 77.0 cm³/mol. The Hall–Kier alpha value is -2.84. The predicted octanol–water partition coefficient (Wildman–Crippen LogP) is 0.382. The first-order valence-electron chi connectivity index (χ1n) is 7.12. The molecule has 2 aliphatic heterocycles. The van der Waals surface area contributed by atoms with Gasteiger partial charge >= 0.3 is 0 Å². The van der Waals surface area contributed by atoms with Crippen LogP contribution in [-0.4, -0.2) is 59.3 Å². The Labute approximate surface area is 132 Å². The van der Waals surface area contributed by atoms with Crippen LogP contribution in [-0.2, 0) is 9.59 Å². The molecule has 3 heterocycles. The zero-order valence-corrected chi connectivity index (χ0v) is 12.5.